The Morgan fingerprint density at radius 1 is 1.19 bits per heavy atom. The maximum atomic E-state index is 14.7. The van der Waals surface area contributed by atoms with Crippen LogP contribution in [-0.2, 0) is 11.3 Å². The lowest BCUT2D eigenvalue weighted by atomic mass is 9.98. The zero-order valence-electron chi connectivity index (χ0n) is 19.8. The Bertz CT molecular complexity index is 716. The number of ether oxygens (including phenoxy) is 1. The number of aliphatic hydroxyl groups is 1. The molecule has 0 spiro atoms. The van der Waals surface area contributed by atoms with Crippen molar-refractivity contribution < 1.29 is 14.2 Å². The van der Waals surface area contributed by atoms with Crippen molar-refractivity contribution in [1.82, 2.24) is 10.6 Å². The first-order chi connectivity index (χ1) is 15.6. The zero-order chi connectivity index (χ0) is 22.8. The van der Waals surface area contributed by atoms with Crippen molar-refractivity contribution in [2.45, 2.75) is 77.5 Å². The van der Waals surface area contributed by atoms with Gasteiger partial charge in [0.2, 0.25) is 0 Å². The highest BCUT2D eigenvalue weighted by atomic mass is 19.1. The highest BCUT2D eigenvalue weighted by Gasteiger charge is 2.25. The standard InChI is InChI=1S/C25H41FN4O2/c1-3-27-25(28-14-11-24(32-4-2)20-7-5-6-8-20)29-18-19-9-10-23(22(26)17-19)30-15-12-21(31)13-16-30/h9-10,17,20-21,24,31H,3-8,11-16,18H2,1-2H3,(H2,27,28,29). The first-order valence-electron chi connectivity index (χ1n) is 12.5. The van der Waals surface area contributed by atoms with Gasteiger partial charge >= 0.3 is 0 Å². The van der Waals surface area contributed by atoms with E-state index in [1.54, 1.807) is 6.07 Å². The Labute approximate surface area is 192 Å². The lowest BCUT2D eigenvalue weighted by Gasteiger charge is -2.31. The molecule has 0 bridgehead atoms. The molecule has 6 nitrogen and oxygen atoms in total. The predicted octanol–water partition coefficient (Wildman–Crippen LogP) is 3.83. The minimum absolute atomic E-state index is 0.219. The van der Waals surface area contributed by atoms with Crippen LogP contribution in [0.4, 0.5) is 10.1 Å². The van der Waals surface area contributed by atoms with Crippen LogP contribution in [0.25, 0.3) is 0 Å². The normalized spacial score (nSPS) is 19.4. The highest BCUT2D eigenvalue weighted by Crippen LogP contribution is 2.30. The van der Waals surface area contributed by atoms with E-state index in [-0.39, 0.29) is 11.9 Å². The van der Waals surface area contributed by atoms with Crippen LogP contribution in [0.5, 0.6) is 0 Å². The van der Waals surface area contributed by atoms with E-state index in [1.807, 2.05) is 24.0 Å². The third-order valence-electron chi connectivity index (χ3n) is 6.61. The molecule has 0 aromatic heterocycles. The Kier molecular flexibility index (Phi) is 10.1. The topological polar surface area (TPSA) is 69.1 Å². The van der Waals surface area contributed by atoms with E-state index in [0.717, 1.165) is 37.6 Å². The molecule has 1 saturated carbocycles. The fraction of sp³-hybridized carbons (Fsp3) is 0.720. The SMILES string of the molecule is CCNC(=NCc1ccc(N2CCC(O)CC2)c(F)c1)NCCC(OCC)C1CCCC1. The van der Waals surface area contributed by atoms with Crippen molar-refractivity contribution in [2.75, 3.05) is 37.7 Å². The van der Waals surface area contributed by atoms with Crippen molar-refractivity contribution in [3.8, 4) is 0 Å². The average Bonchev–Trinajstić information content (AvgIpc) is 3.32. The van der Waals surface area contributed by atoms with E-state index in [0.29, 0.717) is 50.2 Å². The summed E-state index contributed by atoms with van der Waals surface area (Å²) in [5.41, 5.74) is 1.46. The van der Waals surface area contributed by atoms with E-state index in [2.05, 4.69) is 22.5 Å². The minimum Gasteiger partial charge on any atom is -0.393 e. The van der Waals surface area contributed by atoms with Crippen LogP contribution in [0.1, 0.15) is 64.4 Å². The maximum absolute atomic E-state index is 14.7. The Morgan fingerprint density at radius 3 is 2.59 bits per heavy atom. The number of nitrogens with one attached hydrogen (secondary N) is 2. The van der Waals surface area contributed by atoms with Crippen molar-refractivity contribution in [1.29, 1.82) is 0 Å². The fourth-order valence-electron chi connectivity index (χ4n) is 4.86. The molecule has 2 aliphatic rings. The van der Waals surface area contributed by atoms with Gasteiger partial charge in [0, 0.05) is 32.8 Å². The maximum Gasteiger partial charge on any atom is 0.191 e. The summed E-state index contributed by atoms with van der Waals surface area (Å²) in [4.78, 5) is 6.67. The molecule has 32 heavy (non-hydrogen) atoms. The second kappa shape index (κ2) is 13.0. The lowest BCUT2D eigenvalue weighted by molar-refractivity contribution is 0.0169. The molecule has 1 aromatic carbocycles. The van der Waals surface area contributed by atoms with Crippen LogP contribution >= 0.6 is 0 Å². The van der Waals surface area contributed by atoms with Gasteiger partial charge in [0.05, 0.1) is 24.4 Å². The quantitative estimate of drug-likeness (QED) is 0.375. The predicted molar refractivity (Wildman–Crippen MR) is 129 cm³/mol. The summed E-state index contributed by atoms with van der Waals surface area (Å²) in [6.07, 6.45) is 7.59. The molecule has 1 unspecified atom stereocenters. The number of rotatable bonds is 10. The summed E-state index contributed by atoms with van der Waals surface area (Å²) >= 11 is 0. The van der Waals surface area contributed by atoms with Gasteiger partial charge in [-0.25, -0.2) is 9.38 Å². The van der Waals surface area contributed by atoms with Crippen LogP contribution in [-0.4, -0.2) is 56.1 Å². The molecule has 1 heterocycles. The highest BCUT2D eigenvalue weighted by molar-refractivity contribution is 5.79. The number of nitrogens with zero attached hydrogens (tertiary/aromatic N) is 2. The van der Waals surface area contributed by atoms with Crippen LogP contribution in [0.15, 0.2) is 23.2 Å². The number of hydrogen-bond donors (Lipinski definition) is 3. The molecule has 1 aliphatic carbocycles. The van der Waals surface area contributed by atoms with Gasteiger partial charge in [-0.3, -0.25) is 0 Å². The number of aliphatic imine (C=N–C) groups is 1. The first-order valence-corrected chi connectivity index (χ1v) is 12.5. The number of anilines is 1. The summed E-state index contributed by atoms with van der Waals surface area (Å²) in [6.45, 7) is 8.25. The van der Waals surface area contributed by atoms with E-state index in [4.69, 9.17) is 4.74 Å². The van der Waals surface area contributed by atoms with Gasteiger partial charge in [0.15, 0.2) is 5.96 Å². The summed E-state index contributed by atoms with van der Waals surface area (Å²) < 4.78 is 20.7. The van der Waals surface area contributed by atoms with Crippen LogP contribution in [0.2, 0.25) is 0 Å². The number of piperidine rings is 1. The molecule has 1 saturated heterocycles. The number of hydrogen-bond acceptors (Lipinski definition) is 4. The zero-order valence-corrected chi connectivity index (χ0v) is 19.8. The number of aliphatic hydroxyl groups excluding tert-OH is 1. The van der Waals surface area contributed by atoms with Gasteiger partial charge in [-0.2, -0.15) is 0 Å². The van der Waals surface area contributed by atoms with Gasteiger partial charge in [0.1, 0.15) is 5.82 Å². The number of halogens is 1. The molecular weight excluding hydrogens is 407 g/mol. The van der Waals surface area contributed by atoms with Crippen LogP contribution in [0.3, 0.4) is 0 Å². The van der Waals surface area contributed by atoms with E-state index < -0.39 is 0 Å². The van der Waals surface area contributed by atoms with Crippen molar-refractivity contribution in [2.24, 2.45) is 10.9 Å². The van der Waals surface area contributed by atoms with Gasteiger partial charge in [0.25, 0.3) is 0 Å². The Balaban J connectivity index is 1.53. The van der Waals surface area contributed by atoms with Gasteiger partial charge in [-0.1, -0.05) is 18.9 Å². The van der Waals surface area contributed by atoms with E-state index in [1.165, 1.54) is 25.7 Å². The Hall–Kier alpha value is -1.86. The molecule has 3 N–H and O–H groups in total. The number of guanidine groups is 1. The minimum atomic E-state index is -0.262. The second-order valence-corrected chi connectivity index (χ2v) is 8.95. The van der Waals surface area contributed by atoms with E-state index >= 15 is 0 Å². The van der Waals surface area contributed by atoms with Gasteiger partial charge in [-0.15, -0.1) is 0 Å². The Morgan fingerprint density at radius 2 is 1.94 bits per heavy atom. The molecule has 3 rings (SSSR count). The second-order valence-electron chi connectivity index (χ2n) is 8.95. The van der Waals surface area contributed by atoms with Crippen LogP contribution in [0, 0.1) is 11.7 Å². The lowest BCUT2D eigenvalue weighted by Crippen LogP contribution is -2.39. The fourth-order valence-corrected chi connectivity index (χ4v) is 4.86. The summed E-state index contributed by atoms with van der Waals surface area (Å²) in [7, 11) is 0. The molecular formula is C25H41FN4O2. The average molecular weight is 449 g/mol. The largest absolute Gasteiger partial charge is 0.393 e. The summed E-state index contributed by atoms with van der Waals surface area (Å²) in [5.74, 6) is 1.22. The van der Waals surface area contributed by atoms with Crippen LogP contribution < -0.4 is 15.5 Å². The molecule has 0 radical (unpaired) electrons. The third kappa shape index (κ3) is 7.34. The molecule has 1 aliphatic heterocycles. The van der Waals surface area contributed by atoms with Crippen molar-refractivity contribution >= 4 is 11.6 Å². The smallest absolute Gasteiger partial charge is 0.191 e. The molecule has 1 atom stereocenters. The van der Waals surface area contributed by atoms with Gasteiger partial charge < -0.3 is 25.4 Å². The molecule has 2 fully saturated rings. The third-order valence-corrected chi connectivity index (χ3v) is 6.61. The summed E-state index contributed by atoms with van der Waals surface area (Å²) in [5, 5.41) is 16.4. The number of benzene rings is 1. The molecule has 180 valence electrons. The van der Waals surface area contributed by atoms with Gasteiger partial charge in [-0.05, 0) is 69.6 Å². The molecule has 0 amide bonds. The first kappa shape index (κ1) is 24.8. The molecule has 1 aromatic rings. The summed E-state index contributed by atoms with van der Waals surface area (Å²) in [6, 6.07) is 5.37. The monoisotopic (exact) mass is 448 g/mol. The van der Waals surface area contributed by atoms with Crippen molar-refractivity contribution in [3.63, 3.8) is 0 Å². The molecule has 7 heteroatoms. The van der Waals surface area contributed by atoms with Crippen molar-refractivity contribution in [3.05, 3.63) is 29.6 Å². The van der Waals surface area contributed by atoms with E-state index in [9.17, 15) is 9.50 Å².